The Hall–Kier alpha value is -4.95. The molecule has 0 atom stereocenters. The molecule has 2 aliphatic rings. The minimum atomic E-state index is -4.82. The largest absolute Gasteiger partial charge is 0.481 e. The number of aliphatic carboxylic acids is 2. The third-order valence-electron chi connectivity index (χ3n) is 8.84. The highest BCUT2D eigenvalue weighted by atomic mass is 19.4. The first-order chi connectivity index (χ1) is 23.4. The van der Waals surface area contributed by atoms with Gasteiger partial charge in [-0.15, -0.1) is 0 Å². The Labute approximate surface area is 278 Å². The Bertz CT molecular complexity index is 1790. The number of alkyl halides is 3. The number of nitriles is 1. The van der Waals surface area contributed by atoms with E-state index in [0.29, 0.717) is 45.4 Å². The number of piperidine rings is 1. The zero-order chi connectivity index (χ0) is 35.2. The number of hydrogen-bond donors (Lipinski definition) is 3. The van der Waals surface area contributed by atoms with Gasteiger partial charge in [0.05, 0.1) is 24.4 Å². The molecule has 260 valence electrons. The number of hydrogen-bond acceptors (Lipinski definition) is 9. The van der Waals surface area contributed by atoms with Crippen molar-refractivity contribution in [3.63, 3.8) is 0 Å². The van der Waals surface area contributed by atoms with Crippen LogP contribution in [0.3, 0.4) is 0 Å². The molecule has 0 saturated carbocycles. The number of unbranched alkanes of at least 4 members (excludes halogenated alkanes) is 1. The molecule has 0 unspecified atom stereocenters. The smallest absolute Gasteiger partial charge is 0.436 e. The lowest BCUT2D eigenvalue weighted by molar-refractivity contribution is -0.144. The number of carboxylic acids is 2. The summed E-state index contributed by atoms with van der Waals surface area (Å²) in [5.41, 5.74) is 0.460. The summed E-state index contributed by atoms with van der Waals surface area (Å²) >= 11 is 0. The van der Waals surface area contributed by atoms with E-state index >= 15 is 0 Å². The summed E-state index contributed by atoms with van der Waals surface area (Å²) in [6.45, 7) is 2.73. The number of carbonyl (C=O) groups is 2. The van der Waals surface area contributed by atoms with Gasteiger partial charge >= 0.3 is 18.1 Å². The predicted molar refractivity (Wildman–Crippen MR) is 166 cm³/mol. The topological polar surface area (TPSA) is 177 Å². The normalized spacial score (nSPS) is 16.8. The van der Waals surface area contributed by atoms with Crippen LogP contribution < -0.4 is 0 Å². The quantitative estimate of drug-likeness (QED) is 0.148. The van der Waals surface area contributed by atoms with E-state index in [9.17, 15) is 32.4 Å². The number of H-pyrrole nitrogens is 1. The van der Waals surface area contributed by atoms with Gasteiger partial charge in [0, 0.05) is 73.6 Å². The van der Waals surface area contributed by atoms with Gasteiger partial charge in [0.15, 0.2) is 11.5 Å². The Morgan fingerprint density at radius 2 is 1.76 bits per heavy atom. The van der Waals surface area contributed by atoms with Crippen LogP contribution in [0.4, 0.5) is 17.6 Å². The number of pyridine rings is 1. The zero-order valence-electron chi connectivity index (χ0n) is 26.4. The van der Waals surface area contributed by atoms with E-state index in [1.54, 1.807) is 6.20 Å². The standard InChI is InChI=1S/C26H25F4N9.C6H10O4/c27-21-17(1-7-32-23(21)26(28,29)30)12-37-9-3-19(4-10-37)38-14-25(15-38,5-6-31)39-13-18(11-36-39)22-20-2-8-33-24(20)35-16-34-22;7-5(8)3-1-2-4-6(9)10/h1-2,7-8,11,13,16,19H,3-5,9-10,12,14-15H2,(H,33,34,35);1-4H2,(H,7,8)(H,9,10). The number of carboxylic acid groups (broad SMARTS) is 2. The number of aromatic nitrogens is 6. The van der Waals surface area contributed by atoms with Crippen molar-refractivity contribution in [2.45, 2.75) is 69.2 Å². The van der Waals surface area contributed by atoms with Crippen molar-refractivity contribution in [1.82, 2.24) is 39.5 Å². The summed E-state index contributed by atoms with van der Waals surface area (Å²) < 4.78 is 55.3. The number of aromatic amines is 1. The molecule has 4 aromatic heterocycles. The van der Waals surface area contributed by atoms with Crippen molar-refractivity contribution < 1.29 is 37.4 Å². The molecule has 0 aliphatic carbocycles. The Morgan fingerprint density at radius 1 is 1.06 bits per heavy atom. The van der Waals surface area contributed by atoms with Crippen LogP contribution in [0.5, 0.6) is 0 Å². The highest BCUT2D eigenvalue weighted by Gasteiger charge is 2.48. The molecule has 0 aromatic carbocycles. The third kappa shape index (κ3) is 8.38. The average molecular weight is 686 g/mol. The van der Waals surface area contributed by atoms with Crippen molar-refractivity contribution >= 4 is 23.0 Å². The molecular formula is C32H35F4N9O4. The minimum Gasteiger partial charge on any atom is -0.481 e. The monoisotopic (exact) mass is 685 g/mol. The fourth-order valence-electron chi connectivity index (χ4n) is 6.30. The minimum absolute atomic E-state index is 0.00264. The first-order valence-corrected chi connectivity index (χ1v) is 15.7. The summed E-state index contributed by atoms with van der Waals surface area (Å²) in [5, 5.41) is 31.4. The van der Waals surface area contributed by atoms with Crippen LogP contribution in [0.1, 0.15) is 56.2 Å². The second-order valence-corrected chi connectivity index (χ2v) is 12.2. The first kappa shape index (κ1) is 35.4. The lowest BCUT2D eigenvalue weighted by Crippen LogP contribution is -2.66. The van der Waals surface area contributed by atoms with Crippen molar-refractivity contribution in [3.05, 3.63) is 60.3 Å². The summed E-state index contributed by atoms with van der Waals surface area (Å²) in [6.07, 6.45) is 6.14. The van der Waals surface area contributed by atoms with Gasteiger partial charge in [0.1, 0.15) is 17.5 Å². The average Bonchev–Trinajstić information content (AvgIpc) is 3.73. The van der Waals surface area contributed by atoms with E-state index in [-0.39, 0.29) is 31.0 Å². The lowest BCUT2D eigenvalue weighted by Gasteiger charge is -2.53. The molecule has 0 bridgehead atoms. The second-order valence-electron chi connectivity index (χ2n) is 12.2. The van der Waals surface area contributed by atoms with Crippen LogP contribution in [0.2, 0.25) is 0 Å². The number of nitrogens with one attached hydrogen (secondary N) is 1. The van der Waals surface area contributed by atoms with Gasteiger partial charge in [0.2, 0.25) is 0 Å². The van der Waals surface area contributed by atoms with Crippen LogP contribution >= 0.6 is 0 Å². The molecule has 0 spiro atoms. The van der Waals surface area contributed by atoms with Crippen molar-refractivity contribution in [1.29, 1.82) is 5.26 Å². The summed E-state index contributed by atoms with van der Waals surface area (Å²) in [6, 6.07) is 5.82. The van der Waals surface area contributed by atoms with Gasteiger partial charge in [0.25, 0.3) is 0 Å². The van der Waals surface area contributed by atoms with Gasteiger partial charge in [-0.3, -0.25) is 24.1 Å². The van der Waals surface area contributed by atoms with Gasteiger partial charge < -0.3 is 15.2 Å². The Kier molecular flexibility index (Phi) is 10.9. The van der Waals surface area contributed by atoms with Crippen molar-refractivity contribution in [3.8, 4) is 17.3 Å². The van der Waals surface area contributed by atoms with Crippen molar-refractivity contribution in [2.24, 2.45) is 0 Å². The predicted octanol–water partition coefficient (Wildman–Crippen LogP) is 4.68. The fourth-order valence-corrected chi connectivity index (χ4v) is 6.30. The molecule has 17 heteroatoms. The number of rotatable bonds is 11. The molecule has 2 fully saturated rings. The molecular weight excluding hydrogens is 650 g/mol. The van der Waals surface area contributed by atoms with Crippen LogP contribution in [0.25, 0.3) is 22.3 Å². The number of halogens is 4. The number of nitrogens with zero attached hydrogens (tertiary/aromatic N) is 8. The molecule has 2 saturated heterocycles. The SMILES string of the molecule is N#CCC1(n2cc(-c3ncnc4[nH]ccc34)cn2)CN(C2CCN(Cc3ccnc(C(F)(F)F)c3F)CC2)C1.O=C(O)CCCCC(=O)O. The van der Waals surface area contributed by atoms with Gasteiger partial charge in [-0.05, 0) is 50.9 Å². The van der Waals surface area contributed by atoms with E-state index < -0.39 is 35.2 Å². The second kappa shape index (κ2) is 15.1. The summed E-state index contributed by atoms with van der Waals surface area (Å²) in [4.78, 5) is 39.0. The summed E-state index contributed by atoms with van der Waals surface area (Å²) in [5.74, 6) is -3.04. The number of fused-ring (bicyclic) bond motifs is 1. The molecule has 6 rings (SSSR count). The van der Waals surface area contributed by atoms with Crippen LogP contribution in [-0.2, 0) is 27.8 Å². The van der Waals surface area contributed by atoms with Crippen LogP contribution in [0, 0.1) is 17.1 Å². The summed E-state index contributed by atoms with van der Waals surface area (Å²) in [7, 11) is 0. The zero-order valence-corrected chi connectivity index (χ0v) is 26.4. The Morgan fingerprint density at radius 3 is 2.39 bits per heavy atom. The molecule has 0 amide bonds. The van der Waals surface area contributed by atoms with E-state index in [1.165, 1.54) is 12.4 Å². The van der Waals surface area contributed by atoms with E-state index in [0.717, 1.165) is 41.3 Å². The molecule has 0 radical (unpaired) electrons. The molecule has 3 N–H and O–H groups in total. The lowest BCUT2D eigenvalue weighted by atomic mass is 9.83. The van der Waals surface area contributed by atoms with Crippen LogP contribution in [0.15, 0.2) is 43.2 Å². The molecule has 4 aromatic rings. The maximum absolute atomic E-state index is 14.4. The van der Waals surface area contributed by atoms with Crippen molar-refractivity contribution in [2.75, 3.05) is 26.2 Å². The van der Waals surface area contributed by atoms with Gasteiger partial charge in [-0.1, -0.05) is 0 Å². The highest BCUT2D eigenvalue weighted by molar-refractivity contribution is 5.90. The van der Waals surface area contributed by atoms with Crippen LogP contribution in [-0.4, -0.2) is 93.9 Å². The first-order valence-electron chi connectivity index (χ1n) is 15.7. The molecule has 49 heavy (non-hydrogen) atoms. The van der Waals surface area contributed by atoms with E-state index in [4.69, 9.17) is 10.2 Å². The highest BCUT2D eigenvalue weighted by Crippen LogP contribution is 2.37. The maximum atomic E-state index is 14.4. The molecule has 6 heterocycles. The number of likely N-dealkylation sites (tertiary alicyclic amines) is 2. The van der Waals surface area contributed by atoms with Gasteiger partial charge in [-0.2, -0.15) is 23.5 Å². The van der Waals surface area contributed by atoms with E-state index in [1.807, 2.05) is 28.0 Å². The maximum Gasteiger partial charge on any atom is 0.436 e. The van der Waals surface area contributed by atoms with E-state index in [2.05, 4.69) is 36.0 Å². The molecule has 13 nitrogen and oxygen atoms in total. The van der Waals surface area contributed by atoms with Gasteiger partial charge in [-0.25, -0.2) is 19.3 Å². The fraction of sp³-hybridized carbons (Fsp3) is 0.469. The molecule has 2 aliphatic heterocycles. The Balaban J connectivity index is 0.000000409. The third-order valence-corrected chi connectivity index (χ3v) is 8.84.